The summed E-state index contributed by atoms with van der Waals surface area (Å²) in [5.74, 6) is -4.69. The van der Waals surface area contributed by atoms with Crippen LogP contribution in [0.1, 0.15) is 38.7 Å². The smallest absolute Gasteiger partial charge is 0.316 e. The van der Waals surface area contributed by atoms with E-state index in [9.17, 15) is 27.9 Å². The van der Waals surface area contributed by atoms with E-state index in [4.69, 9.17) is 4.74 Å². The number of ketones is 1. The standard InChI is InChI=1S/C30H32F5NO4/c1-27-4-3-20(37)9-23(27)24(34)10-22-21-7-17-13-36(12-16-5-18(32)8-19(33)6-16)14-29(17,26(39)40-15-31)28(21,2)11-25(38)30(22,27)35/h3-6,8-9,17,21-22,24-25,38H,7,10-15H2,1-2H3/t17-,21-,22-,24-,25-,27-,28-,29+,30-/m0/s1. The lowest BCUT2D eigenvalue weighted by atomic mass is 9.43. The van der Waals surface area contributed by atoms with Gasteiger partial charge in [-0.15, -0.1) is 0 Å². The van der Waals surface area contributed by atoms with Gasteiger partial charge in [0, 0.05) is 37.0 Å². The van der Waals surface area contributed by atoms with Gasteiger partial charge in [-0.3, -0.25) is 14.5 Å². The summed E-state index contributed by atoms with van der Waals surface area (Å²) in [5.41, 5.74) is -5.92. The first-order valence-corrected chi connectivity index (χ1v) is 13.7. The maximum Gasteiger partial charge on any atom is 0.316 e. The highest BCUT2D eigenvalue weighted by atomic mass is 19.2. The third-order valence-corrected chi connectivity index (χ3v) is 11.1. The van der Waals surface area contributed by atoms with Crippen LogP contribution in [0.4, 0.5) is 22.0 Å². The molecule has 0 unspecified atom stereocenters. The predicted molar refractivity (Wildman–Crippen MR) is 134 cm³/mol. The minimum atomic E-state index is -2.30. The first kappa shape index (κ1) is 27.6. The van der Waals surface area contributed by atoms with Gasteiger partial charge < -0.3 is 9.84 Å². The zero-order chi connectivity index (χ0) is 28.8. The number of hydrogen-bond donors (Lipinski definition) is 1. The van der Waals surface area contributed by atoms with E-state index in [-0.39, 0.29) is 31.5 Å². The molecule has 1 heterocycles. The van der Waals surface area contributed by atoms with Crippen LogP contribution in [0.5, 0.6) is 0 Å². The van der Waals surface area contributed by atoms with Crippen molar-refractivity contribution < 1.29 is 41.4 Å². The molecule has 1 N–H and O–H groups in total. The van der Waals surface area contributed by atoms with Crippen molar-refractivity contribution in [1.82, 2.24) is 4.90 Å². The molecule has 0 aromatic heterocycles. The number of aliphatic hydroxyl groups excluding tert-OH is 1. The number of alkyl halides is 3. The Morgan fingerprint density at radius 3 is 2.52 bits per heavy atom. The van der Waals surface area contributed by atoms with Crippen molar-refractivity contribution in [2.24, 2.45) is 34.0 Å². The molecule has 1 saturated heterocycles. The summed E-state index contributed by atoms with van der Waals surface area (Å²) in [4.78, 5) is 27.5. The van der Waals surface area contributed by atoms with Crippen LogP contribution in [-0.4, -0.2) is 59.7 Å². The number of carbonyl (C=O) groups excluding carboxylic acids is 2. The number of esters is 1. The molecule has 3 saturated carbocycles. The average Bonchev–Trinajstić information content (AvgIpc) is 3.34. The van der Waals surface area contributed by atoms with Gasteiger partial charge in [0.2, 0.25) is 6.86 Å². The van der Waals surface area contributed by atoms with E-state index in [2.05, 4.69) is 0 Å². The second kappa shape index (κ2) is 8.95. The number of hydrogen-bond acceptors (Lipinski definition) is 5. The van der Waals surface area contributed by atoms with E-state index >= 15 is 8.78 Å². The molecule has 1 aliphatic heterocycles. The Morgan fingerprint density at radius 1 is 1.15 bits per heavy atom. The molecule has 0 amide bonds. The Morgan fingerprint density at radius 2 is 1.85 bits per heavy atom. The number of carbonyl (C=O) groups is 2. The molecule has 4 aliphatic carbocycles. The van der Waals surface area contributed by atoms with E-state index in [1.807, 2.05) is 4.90 Å². The van der Waals surface area contributed by atoms with Gasteiger partial charge in [0.15, 0.2) is 11.5 Å². The number of benzene rings is 1. The second-order valence-corrected chi connectivity index (χ2v) is 12.8. The number of ether oxygens (including phenoxy) is 1. The molecule has 0 radical (unpaired) electrons. The minimum Gasteiger partial charge on any atom is -0.433 e. The van der Waals surface area contributed by atoms with Crippen LogP contribution in [0.15, 0.2) is 42.0 Å². The van der Waals surface area contributed by atoms with E-state index in [0.717, 1.165) is 12.1 Å². The van der Waals surface area contributed by atoms with Gasteiger partial charge >= 0.3 is 5.97 Å². The largest absolute Gasteiger partial charge is 0.433 e. The van der Waals surface area contributed by atoms with Gasteiger partial charge in [-0.2, -0.15) is 0 Å². The van der Waals surface area contributed by atoms with Gasteiger partial charge in [-0.05, 0) is 78.9 Å². The van der Waals surface area contributed by atoms with Crippen LogP contribution >= 0.6 is 0 Å². The first-order chi connectivity index (χ1) is 18.8. The van der Waals surface area contributed by atoms with Crippen molar-refractivity contribution in [3.05, 3.63) is 59.2 Å². The van der Waals surface area contributed by atoms with Gasteiger partial charge in [0.1, 0.15) is 17.8 Å². The fourth-order valence-corrected chi connectivity index (χ4v) is 9.47. The SMILES string of the molecule is C[C@]12C=CC(=O)C=C1[C@@H](F)C[C@H]1[C@@H]3C[C@H]4CN(Cc5cc(F)cc(F)c5)C[C@@]4(C(=O)OCF)[C@@]3(C)C[C@H](O)[C@@]12F. The van der Waals surface area contributed by atoms with Crippen LogP contribution in [0.25, 0.3) is 0 Å². The molecule has 1 aromatic rings. The summed E-state index contributed by atoms with van der Waals surface area (Å²) in [6.07, 6.45) is 0.345. The average molecular weight is 566 g/mol. The van der Waals surface area contributed by atoms with E-state index in [0.29, 0.717) is 18.5 Å². The van der Waals surface area contributed by atoms with Crippen LogP contribution in [0.3, 0.4) is 0 Å². The Kier molecular flexibility index (Phi) is 6.17. The minimum absolute atomic E-state index is 0.0136. The Bertz CT molecular complexity index is 1310. The lowest BCUT2D eigenvalue weighted by Crippen LogP contribution is -2.69. The van der Waals surface area contributed by atoms with E-state index < -0.39 is 82.2 Å². The van der Waals surface area contributed by atoms with Crippen LogP contribution in [0, 0.1) is 45.6 Å². The third kappa shape index (κ3) is 3.44. The zero-order valence-electron chi connectivity index (χ0n) is 22.3. The Hall–Kier alpha value is -2.59. The molecule has 6 rings (SSSR count). The maximum absolute atomic E-state index is 17.5. The summed E-state index contributed by atoms with van der Waals surface area (Å²) in [6.45, 7) is 2.38. The Balaban J connectivity index is 1.40. The quantitative estimate of drug-likeness (QED) is 0.421. The Labute approximate surface area is 229 Å². The molecular formula is C30H32F5NO4. The van der Waals surface area contributed by atoms with Gasteiger partial charge in [0.25, 0.3) is 0 Å². The maximum atomic E-state index is 17.5. The molecule has 216 valence electrons. The van der Waals surface area contributed by atoms with E-state index in [1.165, 1.54) is 31.2 Å². The molecule has 4 fully saturated rings. The molecule has 5 nitrogen and oxygen atoms in total. The topological polar surface area (TPSA) is 66.8 Å². The molecule has 0 bridgehead atoms. The third-order valence-electron chi connectivity index (χ3n) is 11.1. The summed E-state index contributed by atoms with van der Waals surface area (Å²) < 4.78 is 79.3. The van der Waals surface area contributed by atoms with Crippen molar-refractivity contribution in [3.8, 4) is 0 Å². The first-order valence-electron chi connectivity index (χ1n) is 13.7. The molecule has 5 aliphatic rings. The number of halogens is 5. The summed E-state index contributed by atoms with van der Waals surface area (Å²) in [5, 5.41) is 11.6. The number of aliphatic hydroxyl groups is 1. The highest BCUT2D eigenvalue weighted by Gasteiger charge is 2.78. The monoisotopic (exact) mass is 565 g/mol. The molecule has 9 atom stereocenters. The molecule has 10 heteroatoms. The van der Waals surface area contributed by atoms with Crippen LogP contribution < -0.4 is 0 Å². The summed E-state index contributed by atoms with van der Waals surface area (Å²) >= 11 is 0. The molecule has 40 heavy (non-hydrogen) atoms. The molecule has 1 aromatic carbocycles. The van der Waals surface area contributed by atoms with Crippen molar-refractivity contribution in [2.45, 2.75) is 57.6 Å². The van der Waals surface area contributed by atoms with Crippen molar-refractivity contribution in [2.75, 3.05) is 20.0 Å². The molecular weight excluding hydrogens is 533 g/mol. The molecule has 0 spiro atoms. The van der Waals surface area contributed by atoms with Gasteiger partial charge in [0.05, 0.1) is 11.5 Å². The lowest BCUT2D eigenvalue weighted by molar-refractivity contribution is -0.218. The van der Waals surface area contributed by atoms with Crippen molar-refractivity contribution >= 4 is 11.8 Å². The highest BCUT2D eigenvalue weighted by Crippen LogP contribution is 2.74. The number of allylic oxidation sites excluding steroid dienone is 4. The fraction of sp³-hybridized carbons (Fsp3) is 0.600. The fourth-order valence-electron chi connectivity index (χ4n) is 9.47. The lowest BCUT2D eigenvalue weighted by Gasteiger charge is -2.63. The second-order valence-electron chi connectivity index (χ2n) is 12.8. The number of rotatable bonds is 4. The number of fused-ring (bicyclic) bond motifs is 7. The number of nitrogens with zero attached hydrogens (tertiary/aromatic N) is 1. The van der Waals surface area contributed by atoms with E-state index in [1.54, 1.807) is 6.92 Å². The van der Waals surface area contributed by atoms with Crippen LogP contribution in [0.2, 0.25) is 0 Å². The van der Waals surface area contributed by atoms with Crippen molar-refractivity contribution in [3.63, 3.8) is 0 Å². The highest BCUT2D eigenvalue weighted by molar-refractivity contribution is 6.01. The van der Waals surface area contributed by atoms with Crippen molar-refractivity contribution in [1.29, 1.82) is 0 Å². The van der Waals surface area contributed by atoms with Gasteiger partial charge in [-0.25, -0.2) is 22.0 Å². The zero-order valence-corrected chi connectivity index (χ0v) is 22.3. The van der Waals surface area contributed by atoms with Crippen LogP contribution in [-0.2, 0) is 20.9 Å². The predicted octanol–water partition coefficient (Wildman–Crippen LogP) is 4.78. The summed E-state index contributed by atoms with van der Waals surface area (Å²) in [6, 6.07) is 3.17. The van der Waals surface area contributed by atoms with Gasteiger partial charge in [-0.1, -0.05) is 13.0 Å². The summed E-state index contributed by atoms with van der Waals surface area (Å²) in [7, 11) is 0. The number of likely N-dealkylation sites (tertiary alicyclic amines) is 1. The normalized spacial score (nSPS) is 44.0.